The lowest BCUT2D eigenvalue weighted by Gasteiger charge is -2.17. The Bertz CT molecular complexity index is 1350. The molecule has 6 nitrogen and oxygen atoms in total. The first-order valence-electron chi connectivity index (χ1n) is 11.9. The maximum atomic E-state index is 13.1. The predicted octanol–water partition coefficient (Wildman–Crippen LogP) is 5.11. The van der Waals surface area contributed by atoms with E-state index < -0.39 is 20.0 Å². The molecule has 3 aromatic carbocycles. The zero-order valence-electron chi connectivity index (χ0n) is 22.3. The third-order valence-electron chi connectivity index (χ3n) is 7.09. The van der Waals surface area contributed by atoms with Gasteiger partial charge in [0, 0.05) is 13.1 Å². The average Bonchev–Trinajstić information content (AvgIpc) is 2.79. The van der Waals surface area contributed by atoms with E-state index in [4.69, 9.17) is 0 Å². The second-order valence-electron chi connectivity index (χ2n) is 9.64. The second kappa shape index (κ2) is 10.5. The predicted molar refractivity (Wildman–Crippen MR) is 145 cm³/mol. The van der Waals surface area contributed by atoms with E-state index in [-0.39, 0.29) is 13.1 Å². The Morgan fingerprint density at radius 2 is 0.750 bits per heavy atom. The topological polar surface area (TPSA) is 92.3 Å². The lowest BCUT2D eigenvalue weighted by molar-refractivity contribution is 0.577. The molecule has 36 heavy (non-hydrogen) atoms. The van der Waals surface area contributed by atoms with E-state index in [1.165, 1.54) is 0 Å². The van der Waals surface area contributed by atoms with E-state index in [1.54, 1.807) is 24.3 Å². The van der Waals surface area contributed by atoms with Crippen LogP contribution in [-0.2, 0) is 33.1 Å². The molecule has 0 amide bonds. The first-order chi connectivity index (χ1) is 16.7. The van der Waals surface area contributed by atoms with E-state index in [9.17, 15) is 16.8 Å². The van der Waals surface area contributed by atoms with Gasteiger partial charge in [0.15, 0.2) is 0 Å². The van der Waals surface area contributed by atoms with Crippen LogP contribution < -0.4 is 9.44 Å². The fourth-order valence-electron chi connectivity index (χ4n) is 4.44. The third kappa shape index (κ3) is 5.72. The van der Waals surface area contributed by atoms with Gasteiger partial charge in [-0.3, -0.25) is 0 Å². The van der Waals surface area contributed by atoms with Gasteiger partial charge < -0.3 is 0 Å². The van der Waals surface area contributed by atoms with Crippen LogP contribution in [0.5, 0.6) is 0 Å². The monoisotopic (exact) mass is 528 g/mol. The van der Waals surface area contributed by atoms with Crippen LogP contribution in [0.2, 0.25) is 0 Å². The lowest BCUT2D eigenvalue weighted by atomic mass is 10.0. The van der Waals surface area contributed by atoms with Gasteiger partial charge in [-0.15, -0.1) is 0 Å². The minimum Gasteiger partial charge on any atom is -0.207 e. The van der Waals surface area contributed by atoms with E-state index >= 15 is 0 Å². The van der Waals surface area contributed by atoms with Crippen molar-refractivity contribution >= 4 is 20.0 Å². The molecule has 0 radical (unpaired) electrons. The lowest BCUT2D eigenvalue weighted by Crippen LogP contribution is -2.26. The normalized spacial score (nSPS) is 12.2. The Balaban J connectivity index is 1.72. The summed E-state index contributed by atoms with van der Waals surface area (Å²) in [5, 5.41) is 0. The van der Waals surface area contributed by atoms with Gasteiger partial charge in [-0.25, -0.2) is 26.3 Å². The Labute approximate surface area is 216 Å². The number of nitrogens with one attached hydrogen (secondary N) is 2. The van der Waals surface area contributed by atoms with Gasteiger partial charge in [0.2, 0.25) is 20.0 Å². The smallest absolute Gasteiger partial charge is 0.207 e. The van der Waals surface area contributed by atoms with Crippen LogP contribution in [0, 0.1) is 55.4 Å². The summed E-state index contributed by atoms with van der Waals surface area (Å²) in [6, 6.07) is 11.2. The molecule has 0 aromatic heterocycles. The van der Waals surface area contributed by atoms with Crippen molar-refractivity contribution in [2.45, 2.75) is 78.3 Å². The summed E-state index contributed by atoms with van der Waals surface area (Å²) in [5.41, 5.74) is 8.34. The first kappa shape index (κ1) is 28.1. The van der Waals surface area contributed by atoms with Crippen LogP contribution in [0.1, 0.15) is 55.6 Å². The molecule has 2 N–H and O–H groups in total. The highest BCUT2D eigenvalue weighted by atomic mass is 32.2. The summed E-state index contributed by atoms with van der Waals surface area (Å²) < 4.78 is 57.7. The molecule has 0 spiro atoms. The van der Waals surface area contributed by atoms with E-state index in [0.717, 1.165) is 55.6 Å². The minimum absolute atomic E-state index is 0.140. The molecule has 3 aromatic rings. The summed E-state index contributed by atoms with van der Waals surface area (Å²) in [5.74, 6) is 0. The van der Waals surface area contributed by atoms with Gasteiger partial charge in [0.25, 0.3) is 0 Å². The van der Waals surface area contributed by atoms with Crippen molar-refractivity contribution in [3.8, 4) is 0 Å². The first-order valence-corrected chi connectivity index (χ1v) is 14.8. The van der Waals surface area contributed by atoms with E-state index in [2.05, 4.69) is 9.44 Å². The zero-order valence-corrected chi connectivity index (χ0v) is 24.0. The maximum Gasteiger partial charge on any atom is 0.241 e. The Morgan fingerprint density at radius 1 is 0.500 bits per heavy atom. The number of hydrogen-bond donors (Lipinski definition) is 2. The largest absolute Gasteiger partial charge is 0.241 e. The summed E-state index contributed by atoms with van der Waals surface area (Å²) in [7, 11) is -7.38. The third-order valence-corrected chi connectivity index (χ3v) is 10.4. The average molecular weight is 529 g/mol. The van der Waals surface area contributed by atoms with Crippen molar-refractivity contribution in [3.63, 3.8) is 0 Å². The number of rotatable bonds is 8. The van der Waals surface area contributed by atoms with Gasteiger partial charge in [-0.1, -0.05) is 36.4 Å². The highest BCUT2D eigenvalue weighted by Crippen LogP contribution is 2.27. The molecule has 0 unspecified atom stereocenters. The number of sulfonamides is 2. The van der Waals surface area contributed by atoms with Crippen molar-refractivity contribution in [2.24, 2.45) is 0 Å². The number of aryl methyl sites for hydroxylation is 4. The molecule has 0 aliphatic rings. The quantitative estimate of drug-likeness (QED) is 0.425. The summed E-state index contributed by atoms with van der Waals surface area (Å²) in [4.78, 5) is 0.672. The van der Waals surface area contributed by atoms with E-state index in [1.807, 2.05) is 67.5 Å². The molecule has 0 saturated heterocycles. The molecule has 8 heteroatoms. The van der Waals surface area contributed by atoms with Crippen LogP contribution >= 0.6 is 0 Å². The maximum absolute atomic E-state index is 13.1. The fourth-order valence-corrected chi connectivity index (χ4v) is 7.70. The van der Waals surface area contributed by atoms with Crippen molar-refractivity contribution in [2.75, 3.05) is 0 Å². The Hall–Kier alpha value is -2.52. The standard InChI is InChI=1S/C28H36N2O4S2/c1-17-13-18(2)22(6)27(21(17)5)35(31,32)29-15-25-9-11-26(12-10-25)16-30-36(33,34)28-23(7)19(3)14-20(4)24(28)8/h9-14,29-30H,15-16H2,1-8H3. The SMILES string of the molecule is Cc1cc(C)c(C)c(S(=O)(=O)NCc2ccc(CNS(=O)(=O)c3c(C)c(C)cc(C)c3C)cc2)c1C. The molecule has 0 heterocycles. The van der Waals surface area contributed by atoms with Crippen LogP contribution in [0.15, 0.2) is 46.2 Å². The molecule has 0 saturated carbocycles. The van der Waals surface area contributed by atoms with Crippen molar-refractivity contribution in [3.05, 3.63) is 92.0 Å². The van der Waals surface area contributed by atoms with Crippen molar-refractivity contribution in [1.29, 1.82) is 0 Å². The molecular weight excluding hydrogens is 492 g/mol. The van der Waals surface area contributed by atoms with Gasteiger partial charge in [-0.05, 0) is 111 Å². The summed E-state index contributed by atoms with van der Waals surface area (Å²) in [6.07, 6.45) is 0. The highest BCUT2D eigenvalue weighted by Gasteiger charge is 2.23. The van der Waals surface area contributed by atoms with Crippen LogP contribution in [0.3, 0.4) is 0 Å². The molecule has 0 aliphatic heterocycles. The van der Waals surface area contributed by atoms with Crippen LogP contribution in [0.25, 0.3) is 0 Å². The van der Waals surface area contributed by atoms with Crippen molar-refractivity contribution < 1.29 is 16.8 Å². The summed E-state index contributed by atoms with van der Waals surface area (Å²) in [6.45, 7) is 15.2. The Morgan fingerprint density at radius 3 is 1.00 bits per heavy atom. The van der Waals surface area contributed by atoms with Gasteiger partial charge >= 0.3 is 0 Å². The van der Waals surface area contributed by atoms with Gasteiger partial charge in [0.05, 0.1) is 9.79 Å². The number of benzene rings is 3. The minimum atomic E-state index is -3.69. The van der Waals surface area contributed by atoms with Crippen LogP contribution in [-0.4, -0.2) is 16.8 Å². The van der Waals surface area contributed by atoms with Gasteiger partial charge in [0.1, 0.15) is 0 Å². The molecule has 0 aliphatic carbocycles. The second-order valence-corrected chi connectivity index (χ2v) is 13.1. The molecule has 0 atom stereocenters. The summed E-state index contributed by atoms with van der Waals surface area (Å²) >= 11 is 0. The van der Waals surface area contributed by atoms with Gasteiger partial charge in [-0.2, -0.15) is 0 Å². The molecule has 194 valence electrons. The number of hydrogen-bond acceptors (Lipinski definition) is 4. The Kier molecular flexibility index (Phi) is 8.15. The van der Waals surface area contributed by atoms with Crippen molar-refractivity contribution in [1.82, 2.24) is 9.44 Å². The molecule has 0 fully saturated rings. The molecule has 3 rings (SSSR count). The zero-order chi connectivity index (χ0) is 27.0. The molecular formula is C28H36N2O4S2. The highest BCUT2D eigenvalue weighted by molar-refractivity contribution is 7.89. The van der Waals surface area contributed by atoms with E-state index in [0.29, 0.717) is 9.79 Å². The fraction of sp³-hybridized carbons (Fsp3) is 0.357. The van der Waals surface area contributed by atoms with Crippen LogP contribution in [0.4, 0.5) is 0 Å². The molecule has 0 bridgehead atoms.